The smallest absolute Gasteiger partial charge is 0.192 e. The van der Waals surface area contributed by atoms with Gasteiger partial charge in [0, 0.05) is 5.92 Å². The largest absolute Gasteiger partial charge is 0.497 e. The van der Waals surface area contributed by atoms with Crippen molar-refractivity contribution in [3.63, 3.8) is 0 Å². The monoisotopic (exact) mass is 556 g/mol. The lowest BCUT2D eigenvalue weighted by Gasteiger charge is -2.48. The molecule has 0 saturated heterocycles. The second-order valence-electron chi connectivity index (χ2n) is 13.9. The van der Waals surface area contributed by atoms with Gasteiger partial charge in [0.1, 0.15) is 11.4 Å². The molecule has 0 spiro atoms. The average Bonchev–Trinajstić information content (AvgIpc) is 2.74. The summed E-state index contributed by atoms with van der Waals surface area (Å²) in [5, 5.41) is 22.7. The zero-order valence-electron chi connectivity index (χ0n) is 26.1. The van der Waals surface area contributed by atoms with Crippen LogP contribution in [0.4, 0.5) is 0 Å². The van der Waals surface area contributed by atoms with Gasteiger partial charge in [0.2, 0.25) is 0 Å². The van der Waals surface area contributed by atoms with Crippen molar-refractivity contribution in [1.29, 1.82) is 0 Å². The number of aliphatic hydroxyl groups excluding tert-OH is 1. The first-order valence-electron chi connectivity index (χ1n) is 13.5. The summed E-state index contributed by atoms with van der Waals surface area (Å²) >= 11 is 0. The van der Waals surface area contributed by atoms with Crippen molar-refractivity contribution in [1.82, 2.24) is 0 Å². The van der Waals surface area contributed by atoms with E-state index in [1.54, 1.807) is 21.0 Å². The van der Waals surface area contributed by atoms with Crippen molar-refractivity contribution in [2.75, 3.05) is 13.7 Å². The molecule has 1 aromatic carbocycles. The van der Waals surface area contributed by atoms with Crippen LogP contribution in [0, 0.1) is 5.92 Å². The Morgan fingerprint density at radius 1 is 0.838 bits per heavy atom. The second kappa shape index (κ2) is 12.6. The topological polar surface area (TPSA) is 77.4 Å². The molecule has 0 unspecified atom stereocenters. The van der Waals surface area contributed by atoms with Gasteiger partial charge < -0.3 is 28.5 Å². The van der Waals surface area contributed by atoms with E-state index >= 15 is 0 Å². The van der Waals surface area contributed by atoms with E-state index in [9.17, 15) is 10.2 Å². The molecule has 37 heavy (non-hydrogen) atoms. The van der Waals surface area contributed by atoms with E-state index in [4.69, 9.17) is 18.3 Å². The van der Waals surface area contributed by atoms with Crippen molar-refractivity contribution in [3.05, 3.63) is 29.8 Å². The van der Waals surface area contributed by atoms with Crippen LogP contribution in [0.25, 0.3) is 0 Å². The highest BCUT2D eigenvalue weighted by molar-refractivity contribution is 6.74. The van der Waals surface area contributed by atoms with Gasteiger partial charge in [0.05, 0.1) is 38.6 Å². The lowest BCUT2D eigenvalue weighted by atomic mass is 9.85. The maximum absolute atomic E-state index is 11.9. The molecule has 0 bridgehead atoms. The number of hydrogen-bond acceptors (Lipinski definition) is 6. The summed E-state index contributed by atoms with van der Waals surface area (Å²) in [6, 6.07) is 7.70. The van der Waals surface area contributed by atoms with Gasteiger partial charge in [-0.15, -0.1) is 0 Å². The van der Waals surface area contributed by atoms with Crippen LogP contribution in [0.1, 0.15) is 67.9 Å². The van der Waals surface area contributed by atoms with Crippen LogP contribution < -0.4 is 4.74 Å². The number of methoxy groups -OCH3 is 1. The molecule has 8 heteroatoms. The summed E-state index contributed by atoms with van der Waals surface area (Å²) in [5.41, 5.74) is -0.297. The summed E-state index contributed by atoms with van der Waals surface area (Å²) in [7, 11) is -2.75. The third-order valence-electron chi connectivity index (χ3n) is 8.44. The molecule has 1 aromatic rings. The molecular formula is C29H56O6Si2. The van der Waals surface area contributed by atoms with E-state index in [2.05, 4.69) is 67.7 Å². The van der Waals surface area contributed by atoms with Gasteiger partial charge in [-0.3, -0.25) is 0 Å². The van der Waals surface area contributed by atoms with Crippen LogP contribution in [0.5, 0.6) is 5.75 Å². The Balaban J connectivity index is 3.30. The summed E-state index contributed by atoms with van der Waals surface area (Å²) in [6.07, 6.45) is -1.89. The van der Waals surface area contributed by atoms with Crippen LogP contribution in [-0.2, 0) is 20.2 Å². The second-order valence-corrected chi connectivity index (χ2v) is 23.5. The Morgan fingerprint density at radius 3 is 1.73 bits per heavy atom. The highest BCUT2D eigenvalue weighted by Crippen LogP contribution is 2.42. The van der Waals surface area contributed by atoms with Gasteiger partial charge in [-0.1, -0.05) is 60.6 Å². The first-order chi connectivity index (χ1) is 16.6. The summed E-state index contributed by atoms with van der Waals surface area (Å²) in [5.74, 6) is 0.482. The fourth-order valence-corrected chi connectivity index (χ4v) is 6.28. The number of benzene rings is 1. The minimum atomic E-state index is -2.29. The molecule has 2 N–H and O–H groups in total. The van der Waals surface area contributed by atoms with Crippen molar-refractivity contribution >= 4 is 16.6 Å². The molecule has 0 heterocycles. The lowest BCUT2D eigenvalue weighted by molar-refractivity contribution is -0.149. The maximum atomic E-state index is 11.9. The third-order valence-corrected chi connectivity index (χ3v) is 17.4. The molecule has 216 valence electrons. The van der Waals surface area contributed by atoms with Crippen molar-refractivity contribution in [3.8, 4) is 5.75 Å². The quantitative estimate of drug-likeness (QED) is 0.261. The number of rotatable bonds is 13. The van der Waals surface area contributed by atoms with Gasteiger partial charge in [-0.2, -0.15) is 0 Å². The zero-order chi connectivity index (χ0) is 29.0. The Labute approximate surface area is 229 Å². The predicted octanol–water partition coefficient (Wildman–Crippen LogP) is 6.76. The maximum Gasteiger partial charge on any atom is 0.192 e. The number of hydrogen-bond donors (Lipinski definition) is 2. The number of aliphatic hydroxyl groups is 2. The molecule has 0 saturated carbocycles. The van der Waals surface area contributed by atoms with E-state index in [1.807, 2.05) is 31.2 Å². The van der Waals surface area contributed by atoms with E-state index in [1.165, 1.54) is 0 Å². The molecule has 0 fully saturated rings. The Kier molecular flexibility index (Phi) is 11.7. The van der Waals surface area contributed by atoms with Gasteiger partial charge in [-0.05, 0) is 67.8 Å². The molecule has 0 amide bonds. The normalized spacial score (nSPS) is 18.6. The Morgan fingerprint density at radius 2 is 1.32 bits per heavy atom. The highest BCUT2D eigenvalue weighted by atomic mass is 28.4. The molecule has 5 atom stereocenters. The SMILES string of the molecule is COc1ccc(CO[C@@H]([C@H](C)[C@@H](O[Si](C)(C)C(C)(C)C)[C@@](C)(O)CO[Si](C)(C)C(C)(C)C)[C@H](C)O)cc1. The van der Waals surface area contributed by atoms with Crippen LogP contribution >= 0.6 is 0 Å². The molecular weight excluding hydrogens is 500 g/mol. The zero-order valence-corrected chi connectivity index (χ0v) is 28.1. The molecule has 0 aliphatic carbocycles. The van der Waals surface area contributed by atoms with Crippen molar-refractivity contribution in [2.45, 2.75) is 129 Å². The van der Waals surface area contributed by atoms with E-state index in [0.29, 0.717) is 6.61 Å². The molecule has 0 aliphatic rings. The Hall–Kier alpha value is -0.746. The van der Waals surface area contributed by atoms with Gasteiger partial charge >= 0.3 is 0 Å². The third kappa shape index (κ3) is 9.44. The Bertz CT molecular complexity index is 822. The summed E-state index contributed by atoms with van der Waals surface area (Å²) in [4.78, 5) is 0. The van der Waals surface area contributed by atoms with Crippen molar-refractivity contribution < 1.29 is 28.5 Å². The van der Waals surface area contributed by atoms with E-state index in [0.717, 1.165) is 11.3 Å². The first-order valence-corrected chi connectivity index (χ1v) is 19.3. The fourth-order valence-electron chi connectivity index (χ4n) is 3.74. The lowest BCUT2D eigenvalue weighted by Crippen LogP contribution is -2.59. The standard InChI is InChI=1S/C29H56O6Si2/c1-21(25(22(2)30)33-19-23-15-17-24(32-10)18-16-23)26(35-37(13,14)28(6,7)8)29(9,31)20-34-36(11,12)27(3,4)5/h15-18,21-22,25-26,30-31H,19-20H2,1-14H3/t21-,22-,25-,26+,29-/m0/s1. The van der Waals surface area contributed by atoms with E-state index in [-0.39, 0.29) is 22.6 Å². The number of ether oxygens (including phenoxy) is 2. The average molecular weight is 557 g/mol. The predicted molar refractivity (Wildman–Crippen MR) is 158 cm³/mol. The first kappa shape index (κ1) is 34.3. The summed E-state index contributed by atoms with van der Waals surface area (Å²) in [6.45, 7) is 27.9. The highest BCUT2D eigenvalue weighted by Gasteiger charge is 2.49. The minimum absolute atomic E-state index is 0.0219. The van der Waals surface area contributed by atoms with Gasteiger partial charge in [-0.25, -0.2) is 0 Å². The minimum Gasteiger partial charge on any atom is -0.497 e. The van der Waals surface area contributed by atoms with Crippen LogP contribution in [0.2, 0.25) is 36.3 Å². The van der Waals surface area contributed by atoms with Crippen LogP contribution in [-0.4, -0.2) is 64.5 Å². The van der Waals surface area contributed by atoms with Gasteiger partial charge in [0.15, 0.2) is 16.6 Å². The summed E-state index contributed by atoms with van der Waals surface area (Å²) < 4.78 is 25.0. The van der Waals surface area contributed by atoms with Crippen LogP contribution in [0.15, 0.2) is 24.3 Å². The van der Waals surface area contributed by atoms with Crippen molar-refractivity contribution in [2.24, 2.45) is 5.92 Å². The molecule has 0 aromatic heterocycles. The van der Waals surface area contributed by atoms with E-state index < -0.39 is 40.5 Å². The molecule has 6 nitrogen and oxygen atoms in total. The molecule has 0 radical (unpaired) electrons. The van der Waals surface area contributed by atoms with Crippen LogP contribution in [0.3, 0.4) is 0 Å². The fraction of sp³-hybridized carbons (Fsp3) is 0.793. The molecule has 1 rings (SSSR count). The van der Waals surface area contributed by atoms with Gasteiger partial charge in [0.25, 0.3) is 0 Å². The molecule has 0 aliphatic heterocycles.